The van der Waals surface area contributed by atoms with Crippen LogP contribution in [0.3, 0.4) is 0 Å². The van der Waals surface area contributed by atoms with E-state index in [2.05, 4.69) is 92.1 Å². The van der Waals surface area contributed by atoms with Gasteiger partial charge in [0, 0.05) is 6.42 Å². The summed E-state index contributed by atoms with van der Waals surface area (Å²) in [6, 6.07) is -0.943. The van der Waals surface area contributed by atoms with Crippen LogP contribution in [0, 0.1) is 0 Å². The summed E-state index contributed by atoms with van der Waals surface area (Å²) in [6.45, 7) is 2.64. The number of rotatable bonds is 46. The van der Waals surface area contributed by atoms with Crippen LogP contribution in [0.2, 0.25) is 0 Å². The molecule has 0 aromatic heterocycles. The molecule has 2 aliphatic rings. The average Bonchev–Trinajstić information content (AvgIpc) is 3.42. The molecule has 9 N–H and O–H groups in total. The van der Waals surface area contributed by atoms with Gasteiger partial charge in [-0.25, -0.2) is 0 Å². The molecule has 2 saturated heterocycles. The Bertz CT molecular complexity index is 1600. The fourth-order valence-electron chi connectivity index (χ4n) is 9.25. The number of allylic oxidation sites excluding steroid dienone is 13. The van der Waals surface area contributed by atoms with Crippen LogP contribution in [-0.4, -0.2) is 140 Å². The van der Waals surface area contributed by atoms with Crippen molar-refractivity contribution in [3.63, 3.8) is 0 Å². The normalized spacial score (nSPS) is 25.5. The van der Waals surface area contributed by atoms with E-state index in [1.165, 1.54) is 96.3 Å². The quantitative estimate of drug-likeness (QED) is 0.0205. The Morgan fingerprint density at radius 2 is 0.921 bits per heavy atom. The first-order valence-corrected chi connectivity index (χ1v) is 29.8. The Morgan fingerprint density at radius 1 is 0.487 bits per heavy atom. The summed E-state index contributed by atoms with van der Waals surface area (Å²) in [7, 11) is 0. The lowest BCUT2D eigenvalue weighted by Gasteiger charge is -2.46. The van der Waals surface area contributed by atoms with Gasteiger partial charge in [0.25, 0.3) is 0 Å². The van der Waals surface area contributed by atoms with Crippen molar-refractivity contribution in [1.29, 1.82) is 0 Å². The summed E-state index contributed by atoms with van der Waals surface area (Å²) >= 11 is 0. The first kappa shape index (κ1) is 69.3. The smallest absolute Gasteiger partial charge is 0.220 e. The van der Waals surface area contributed by atoms with Crippen molar-refractivity contribution >= 4 is 5.91 Å². The minimum atomic E-state index is -1.80. The third kappa shape index (κ3) is 32.3. The van der Waals surface area contributed by atoms with E-state index in [1.807, 2.05) is 6.08 Å². The van der Waals surface area contributed by atoms with E-state index in [0.29, 0.717) is 12.8 Å². The topological polar surface area (TPSA) is 228 Å². The molecule has 0 aromatic rings. The number of unbranched alkanes of at least 4 members (excludes halogenated alkanes) is 21. The van der Waals surface area contributed by atoms with Gasteiger partial charge in [-0.05, 0) is 83.5 Å². The molecule has 438 valence electrons. The van der Waals surface area contributed by atoms with Crippen LogP contribution in [-0.2, 0) is 23.7 Å². The van der Waals surface area contributed by atoms with E-state index in [-0.39, 0.29) is 18.9 Å². The highest BCUT2D eigenvalue weighted by molar-refractivity contribution is 5.76. The lowest BCUT2D eigenvalue weighted by molar-refractivity contribution is -0.359. The van der Waals surface area contributed by atoms with Crippen LogP contribution in [0.25, 0.3) is 0 Å². The fourth-order valence-corrected chi connectivity index (χ4v) is 9.25. The summed E-state index contributed by atoms with van der Waals surface area (Å²) in [6.07, 6.45) is 46.2. The monoisotopic (exact) mass is 1070 g/mol. The molecular weight excluding hydrogens is 967 g/mol. The van der Waals surface area contributed by atoms with Crippen molar-refractivity contribution < 1.29 is 64.6 Å². The van der Waals surface area contributed by atoms with E-state index in [4.69, 9.17) is 18.9 Å². The van der Waals surface area contributed by atoms with Crippen LogP contribution < -0.4 is 5.32 Å². The number of amides is 1. The maximum atomic E-state index is 13.3. The van der Waals surface area contributed by atoms with Crippen LogP contribution >= 0.6 is 0 Å². The van der Waals surface area contributed by atoms with Gasteiger partial charge in [-0.3, -0.25) is 4.79 Å². The number of nitrogens with one attached hydrogen (secondary N) is 1. The van der Waals surface area contributed by atoms with Gasteiger partial charge < -0.3 is 65.1 Å². The number of aliphatic hydroxyl groups excluding tert-OH is 8. The molecule has 0 saturated carbocycles. The number of hydrogen-bond donors (Lipinski definition) is 9. The Morgan fingerprint density at radius 3 is 1.45 bits per heavy atom. The zero-order chi connectivity index (χ0) is 55.3. The van der Waals surface area contributed by atoms with Crippen molar-refractivity contribution in [1.82, 2.24) is 5.32 Å². The highest BCUT2D eigenvalue weighted by Crippen LogP contribution is 2.30. The second kappa shape index (κ2) is 47.0. The molecule has 1 amide bonds. The second-order valence-corrected chi connectivity index (χ2v) is 20.7. The average molecular weight is 1070 g/mol. The Hall–Kier alpha value is -2.83. The van der Waals surface area contributed by atoms with Crippen LogP contribution in [0.15, 0.2) is 85.1 Å². The Kier molecular flexibility index (Phi) is 42.9. The Balaban J connectivity index is 1.77. The molecule has 0 radical (unpaired) electrons. The number of aliphatic hydroxyl groups is 8. The molecule has 14 heteroatoms. The van der Waals surface area contributed by atoms with Crippen molar-refractivity contribution in [2.45, 2.75) is 280 Å². The van der Waals surface area contributed by atoms with Gasteiger partial charge in [0.2, 0.25) is 5.91 Å². The van der Waals surface area contributed by atoms with E-state index in [9.17, 15) is 45.6 Å². The number of hydrogen-bond acceptors (Lipinski definition) is 13. The third-order valence-corrected chi connectivity index (χ3v) is 14.0. The lowest BCUT2D eigenvalue weighted by Crippen LogP contribution is -2.65. The zero-order valence-electron chi connectivity index (χ0n) is 47.0. The van der Waals surface area contributed by atoms with Crippen LogP contribution in [0.4, 0.5) is 0 Å². The van der Waals surface area contributed by atoms with Crippen LogP contribution in [0.5, 0.6) is 0 Å². The summed E-state index contributed by atoms with van der Waals surface area (Å²) in [5.74, 6) is -0.259. The predicted molar refractivity (Wildman–Crippen MR) is 304 cm³/mol. The lowest BCUT2D eigenvalue weighted by atomic mass is 9.97. The fraction of sp³-hybridized carbons (Fsp3) is 0.758. The summed E-state index contributed by atoms with van der Waals surface area (Å²) in [5, 5.41) is 87.1. The van der Waals surface area contributed by atoms with E-state index < -0.39 is 86.8 Å². The molecule has 0 aromatic carbocycles. The van der Waals surface area contributed by atoms with Gasteiger partial charge >= 0.3 is 0 Å². The Labute approximate surface area is 459 Å². The first-order chi connectivity index (χ1) is 37.1. The van der Waals surface area contributed by atoms with Gasteiger partial charge in [0.05, 0.1) is 32.0 Å². The van der Waals surface area contributed by atoms with Gasteiger partial charge in [-0.1, -0.05) is 202 Å². The molecule has 2 heterocycles. The molecule has 0 bridgehead atoms. The predicted octanol–water partition coefficient (Wildman–Crippen LogP) is 10.1. The zero-order valence-corrected chi connectivity index (χ0v) is 47.0. The van der Waals surface area contributed by atoms with Gasteiger partial charge in [0.15, 0.2) is 12.6 Å². The molecule has 12 unspecified atom stereocenters. The first-order valence-electron chi connectivity index (χ1n) is 29.8. The largest absolute Gasteiger partial charge is 0.394 e. The number of carbonyl (C=O) groups excluding carboxylic acids is 1. The van der Waals surface area contributed by atoms with E-state index in [1.54, 1.807) is 6.08 Å². The van der Waals surface area contributed by atoms with Gasteiger partial charge in [0.1, 0.15) is 48.8 Å². The molecular formula is C62H107NO13. The van der Waals surface area contributed by atoms with Crippen molar-refractivity contribution in [2.75, 3.05) is 19.8 Å². The van der Waals surface area contributed by atoms with Crippen LogP contribution in [0.1, 0.15) is 206 Å². The van der Waals surface area contributed by atoms with Gasteiger partial charge in [-0.15, -0.1) is 0 Å². The second-order valence-electron chi connectivity index (χ2n) is 20.7. The molecule has 2 rings (SSSR count). The van der Waals surface area contributed by atoms with Gasteiger partial charge in [-0.2, -0.15) is 0 Å². The molecule has 2 aliphatic heterocycles. The highest BCUT2D eigenvalue weighted by Gasteiger charge is 2.51. The minimum Gasteiger partial charge on any atom is -0.394 e. The van der Waals surface area contributed by atoms with Crippen molar-refractivity contribution in [2.24, 2.45) is 0 Å². The highest BCUT2D eigenvalue weighted by atomic mass is 16.7. The van der Waals surface area contributed by atoms with Crippen molar-refractivity contribution in [3.05, 3.63) is 85.1 Å². The SMILES string of the molecule is CC/C=C\C/C=C\C/C=C\C/C=C\CCCCCCCCCCCCCCC(=O)NC(COC1OC(CO)C(OC2OC(CO)C(O)C(O)C2O)C(O)C1O)C(O)/C=C/CC/C=C/CC/C=C/CCCCCCCCC. The summed E-state index contributed by atoms with van der Waals surface area (Å²) < 4.78 is 22.7. The number of ether oxygens (including phenoxy) is 4. The molecule has 14 nitrogen and oxygen atoms in total. The number of carbonyl (C=O) groups is 1. The molecule has 0 spiro atoms. The summed E-state index contributed by atoms with van der Waals surface area (Å²) in [5.41, 5.74) is 0. The maximum absolute atomic E-state index is 13.3. The molecule has 2 fully saturated rings. The van der Waals surface area contributed by atoms with E-state index >= 15 is 0 Å². The van der Waals surface area contributed by atoms with Crippen molar-refractivity contribution in [3.8, 4) is 0 Å². The standard InChI is InChI=1S/C62H107NO13/c1-3-5-7-9-11-13-15-17-19-21-22-23-24-25-26-27-28-30-32-34-36-38-40-42-44-46-54(67)63-50(51(66)45-43-41-39-37-35-33-31-29-20-18-16-14-12-10-8-6-4-2)49-73-61-59(72)57(70)60(53(48-65)75-61)76-62-58(71)56(69)55(68)52(47-64)74-62/h5,7,11,13,17,19-20,22-23,29,35,37,43,45,50-53,55-62,64-66,68-72H,3-4,6,8-10,12,14-16,18,21,24-28,30-34,36,38-42,44,46-49H2,1-2H3,(H,63,67)/b7-5-,13-11-,19-17-,23-22-,29-20+,37-35+,45-43+. The molecule has 12 atom stereocenters. The maximum Gasteiger partial charge on any atom is 0.220 e. The molecule has 76 heavy (non-hydrogen) atoms. The minimum absolute atomic E-state index is 0.259. The van der Waals surface area contributed by atoms with E-state index in [0.717, 1.165) is 77.0 Å². The summed E-state index contributed by atoms with van der Waals surface area (Å²) in [4.78, 5) is 13.3. The molecule has 0 aliphatic carbocycles. The third-order valence-electron chi connectivity index (χ3n) is 14.0.